The molecule has 164 valence electrons. The van der Waals surface area contributed by atoms with Gasteiger partial charge in [0.1, 0.15) is 5.69 Å². The molecule has 7 nitrogen and oxygen atoms in total. The van der Waals surface area contributed by atoms with Crippen molar-refractivity contribution in [2.45, 2.75) is 13.3 Å². The van der Waals surface area contributed by atoms with Gasteiger partial charge < -0.3 is 10.2 Å². The second kappa shape index (κ2) is 10.2. The Morgan fingerprint density at radius 1 is 0.938 bits per heavy atom. The van der Waals surface area contributed by atoms with Crippen molar-refractivity contribution in [2.24, 2.45) is 0 Å². The number of aromatic nitrogens is 2. The van der Waals surface area contributed by atoms with Crippen LogP contribution in [0, 0.1) is 0 Å². The van der Waals surface area contributed by atoms with Gasteiger partial charge >= 0.3 is 0 Å². The number of nitrogens with one attached hydrogen (secondary N) is 1. The van der Waals surface area contributed by atoms with E-state index >= 15 is 0 Å². The molecule has 0 saturated carbocycles. The Morgan fingerprint density at radius 3 is 2.34 bits per heavy atom. The molecule has 1 aromatic heterocycles. The van der Waals surface area contributed by atoms with Gasteiger partial charge in [-0.2, -0.15) is 0 Å². The van der Waals surface area contributed by atoms with Gasteiger partial charge in [0.25, 0.3) is 11.8 Å². The van der Waals surface area contributed by atoms with E-state index in [1.54, 1.807) is 6.20 Å². The zero-order valence-electron chi connectivity index (χ0n) is 18.2. The number of hydrogen-bond acceptors (Lipinski definition) is 5. The molecule has 1 N–H and O–H groups in total. The van der Waals surface area contributed by atoms with E-state index in [4.69, 9.17) is 0 Å². The van der Waals surface area contributed by atoms with Crippen LogP contribution in [-0.2, 0) is 0 Å². The minimum atomic E-state index is -0.320. The van der Waals surface area contributed by atoms with Gasteiger partial charge in [0.15, 0.2) is 0 Å². The fourth-order valence-corrected chi connectivity index (χ4v) is 3.79. The third-order valence-corrected chi connectivity index (χ3v) is 5.53. The highest BCUT2D eigenvalue weighted by Crippen LogP contribution is 2.19. The molecule has 1 fully saturated rings. The van der Waals surface area contributed by atoms with Crippen molar-refractivity contribution in [3.05, 3.63) is 78.2 Å². The second-order valence-corrected chi connectivity index (χ2v) is 7.82. The van der Waals surface area contributed by atoms with Gasteiger partial charge in [-0.25, -0.2) is 4.98 Å². The number of carbonyl (C=O) groups excluding carboxylic acids is 2. The Labute approximate surface area is 188 Å². The first-order valence-corrected chi connectivity index (χ1v) is 10.9. The van der Waals surface area contributed by atoms with Crippen molar-refractivity contribution >= 4 is 17.5 Å². The molecular weight excluding hydrogens is 402 g/mol. The number of nitrogens with zero attached hydrogens (tertiary/aromatic N) is 4. The van der Waals surface area contributed by atoms with Crippen LogP contribution < -0.4 is 5.32 Å². The van der Waals surface area contributed by atoms with Crippen molar-refractivity contribution < 1.29 is 9.59 Å². The maximum absolute atomic E-state index is 12.9. The Hall–Kier alpha value is -3.58. The molecule has 3 aromatic rings. The van der Waals surface area contributed by atoms with E-state index in [9.17, 15) is 9.59 Å². The zero-order valence-corrected chi connectivity index (χ0v) is 18.2. The van der Waals surface area contributed by atoms with Crippen LogP contribution in [0.1, 0.15) is 34.2 Å². The second-order valence-electron chi connectivity index (χ2n) is 7.82. The number of amides is 2. The molecular formula is C25H27N5O2. The largest absolute Gasteiger partial charge is 0.336 e. The molecule has 1 saturated heterocycles. The number of piperazine rings is 1. The fraction of sp³-hybridized carbons (Fsp3) is 0.280. The SMILES string of the molecule is CCCN1CCN(C(=O)c2ccc(-c3cncc(C(=O)Nc4ccccc4)n3)cc2)CC1. The lowest BCUT2D eigenvalue weighted by atomic mass is 10.1. The predicted octanol–water partition coefficient (Wildman–Crippen LogP) is 3.56. The lowest BCUT2D eigenvalue weighted by molar-refractivity contribution is 0.0637. The van der Waals surface area contributed by atoms with Crippen molar-refractivity contribution in [3.63, 3.8) is 0 Å². The highest BCUT2D eigenvalue weighted by atomic mass is 16.2. The van der Waals surface area contributed by atoms with Crippen molar-refractivity contribution in [2.75, 3.05) is 38.0 Å². The molecule has 0 aliphatic carbocycles. The molecule has 4 rings (SSSR count). The summed E-state index contributed by atoms with van der Waals surface area (Å²) in [6.45, 7) is 6.61. The molecule has 0 spiro atoms. The van der Waals surface area contributed by atoms with Gasteiger partial charge in [-0.3, -0.25) is 19.5 Å². The Kier molecular flexibility index (Phi) is 6.87. The molecule has 0 radical (unpaired) electrons. The highest BCUT2D eigenvalue weighted by Gasteiger charge is 2.21. The van der Waals surface area contributed by atoms with Crippen LogP contribution in [0.15, 0.2) is 67.0 Å². The van der Waals surface area contributed by atoms with E-state index in [-0.39, 0.29) is 17.5 Å². The summed E-state index contributed by atoms with van der Waals surface area (Å²) in [5.41, 5.74) is 2.97. The molecule has 2 aromatic carbocycles. The normalized spacial score (nSPS) is 14.2. The summed E-state index contributed by atoms with van der Waals surface area (Å²) in [4.78, 5) is 38.3. The van der Waals surface area contributed by atoms with Gasteiger partial charge in [0, 0.05) is 43.0 Å². The Balaban J connectivity index is 1.42. The summed E-state index contributed by atoms with van der Waals surface area (Å²) in [5, 5.41) is 2.81. The van der Waals surface area contributed by atoms with Crippen LogP contribution >= 0.6 is 0 Å². The summed E-state index contributed by atoms with van der Waals surface area (Å²) < 4.78 is 0. The van der Waals surface area contributed by atoms with E-state index in [0.717, 1.165) is 44.7 Å². The summed E-state index contributed by atoms with van der Waals surface area (Å²) >= 11 is 0. The maximum Gasteiger partial charge on any atom is 0.275 e. The lowest BCUT2D eigenvalue weighted by Crippen LogP contribution is -2.48. The number of benzene rings is 2. The average molecular weight is 430 g/mol. The van der Waals surface area contributed by atoms with Crippen molar-refractivity contribution in [1.29, 1.82) is 0 Å². The van der Waals surface area contributed by atoms with Crippen LogP contribution in [0.25, 0.3) is 11.3 Å². The topological polar surface area (TPSA) is 78.4 Å². The van der Waals surface area contributed by atoms with Gasteiger partial charge in [0.05, 0.1) is 18.1 Å². The monoisotopic (exact) mass is 429 g/mol. The van der Waals surface area contributed by atoms with E-state index < -0.39 is 0 Å². The fourth-order valence-electron chi connectivity index (χ4n) is 3.79. The molecule has 7 heteroatoms. The van der Waals surface area contributed by atoms with E-state index in [1.807, 2.05) is 59.5 Å². The number of rotatable bonds is 6. The van der Waals surface area contributed by atoms with Crippen LogP contribution in [0.3, 0.4) is 0 Å². The summed E-state index contributed by atoms with van der Waals surface area (Å²) in [6.07, 6.45) is 4.19. The minimum absolute atomic E-state index is 0.0507. The van der Waals surface area contributed by atoms with Crippen LogP contribution in [0.2, 0.25) is 0 Å². The molecule has 0 bridgehead atoms. The molecule has 2 heterocycles. The number of carbonyl (C=O) groups is 2. The zero-order chi connectivity index (χ0) is 22.3. The number of hydrogen-bond donors (Lipinski definition) is 1. The lowest BCUT2D eigenvalue weighted by Gasteiger charge is -2.34. The average Bonchev–Trinajstić information content (AvgIpc) is 2.85. The van der Waals surface area contributed by atoms with Gasteiger partial charge in [-0.15, -0.1) is 0 Å². The number of anilines is 1. The third-order valence-electron chi connectivity index (χ3n) is 5.53. The van der Waals surface area contributed by atoms with Crippen LogP contribution in [0.4, 0.5) is 5.69 Å². The van der Waals surface area contributed by atoms with E-state index in [0.29, 0.717) is 16.9 Å². The maximum atomic E-state index is 12.9. The quantitative estimate of drug-likeness (QED) is 0.648. The summed E-state index contributed by atoms with van der Waals surface area (Å²) in [5.74, 6) is -0.269. The van der Waals surface area contributed by atoms with Crippen LogP contribution in [0.5, 0.6) is 0 Å². The van der Waals surface area contributed by atoms with E-state index in [2.05, 4.69) is 27.1 Å². The molecule has 0 unspecified atom stereocenters. The van der Waals surface area contributed by atoms with E-state index in [1.165, 1.54) is 6.20 Å². The molecule has 1 aliphatic rings. The van der Waals surface area contributed by atoms with Crippen molar-refractivity contribution in [3.8, 4) is 11.3 Å². The van der Waals surface area contributed by atoms with Gasteiger partial charge in [-0.05, 0) is 37.2 Å². The van der Waals surface area contributed by atoms with Crippen molar-refractivity contribution in [1.82, 2.24) is 19.8 Å². The molecule has 0 atom stereocenters. The molecule has 2 amide bonds. The Bertz CT molecular complexity index is 1060. The predicted molar refractivity (Wildman–Crippen MR) is 124 cm³/mol. The highest BCUT2D eigenvalue weighted by molar-refractivity contribution is 6.03. The van der Waals surface area contributed by atoms with Gasteiger partial charge in [0.2, 0.25) is 0 Å². The standard InChI is InChI=1S/C25H27N5O2/c1-2-12-29-13-15-30(16-14-29)25(32)20-10-8-19(9-11-20)22-17-26-18-23(28-22)24(31)27-21-6-4-3-5-7-21/h3-11,17-18H,2,12-16H2,1H3,(H,27,31). The summed E-state index contributed by atoms with van der Waals surface area (Å²) in [7, 11) is 0. The first-order valence-electron chi connectivity index (χ1n) is 10.9. The third kappa shape index (κ3) is 5.18. The summed E-state index contributed by atoms with van der Waals surface area (Å²) in [6, 6.07) is 16.5. The van der Waals surface area contributed by atoms with Crippen LogP contribution in [-0.4, -0.2) is 64.3 Å². The smallest absolute Gasteiger partial charge is 0.275 e. The van der Waals surface area contributed by atoms with Gasteiger partial charge in [-0.1, -0.05) is 37.3 Å². The first kappa shape index (κ1) is 21.6. The number of para-hydroxylation sites is 1. The molecule has 1 aliphatic heterocycles. The first-order chi connectivity index (χ1) is 15.6. The minimum Gasteiger partial charge on any atom is -0.336 e. The molecule has 32 heavy (non-hydrogen) atoms. The Morgan fingerprint density at radius 2 is 1.66 bits per heavy atom.